The summed E-state index contributed by atoms with van der Waals surface area (Å²) in [7, 11) is 0. The minimum absolute atomic E-state index is 0.543. The quantitative estimate of drug-likeness (QED) is 0.767. The predicted molar refractivity (Wildman–Crippen MR) is 62.9 cm³/mol. The van der Waals surface area contributed by atoms with Crippen LogP contribution in [0, 0.1) is 17.3 Å². The number of hydrogen-bond donors (Lipinski definition) is 0. The minimum atomic E-state index is 0.543. The van der Waals surface area contributed by atoms with Gasteiger partial charge < -0.3 is 0 Å². The molecule has 2 aliphatic rings. The van der Waals surface area contributed by atoms with Crippen LogP contribution >= 0.6 is 27.3 Å². The maximum absolute atomic E-state index is 4.41. The number of hydrogen-bond acceptors (Lipinski definition) is 2. The van der Waals surface area contributed by atoms with Gasteiger partial charge in [0.05, 0.1) is 11.2 Å². The van der Waals surface area contributed by atoms with E-state index in [0.717, 1.165) is 17.2 Å². The van der Waals surface area contributed by atoms with Gasteiger partial charge in [0.25, 0.3) is 0 Å². The Morgan fingerprint density at radius 3 is 2.86 bits per heavy atom. The third kappa shape index (κ3) is 1.54. The molecule has 0 radical (unpaired) electrons. The van der Waals surface area contributed by atoms with E-state index in [-0.39, 0.29) is 0 Å². The van der Waals surface area contributed by atoms with Crippen LogP contribution in [0.2, 0.25) is 0 Å². The molecule has 2 unspecified atom stereocenters. The summed E-state index contributed by atoms with van der Waals surface area (Å²) in [6.07, 6.45) is 5.56. The Kier molecular flexibility index (Phi) is 2.21. The largest absolute Gasteiger partial charge is 0.250 e. The molecule has 0 N–H and O–H groups in total. The fourth-order valence-electron chi connectivity index (χ4n) is 3.02. The second kappa shape index (κ2) is 3.31. The van der Waals surface area contributed by atoms with E-state index >= 15 is 0 Å². The van der Waals surface area contributed by atoms with Crippen molar-refractivity contribution in [3.63, 3.8) is 0 Å². The van der Waals surface area contributed by atoms with Gasteiger partial charge >= 0.3 is 0 Å². The van der Waals surface area contributed by atoms with E-state index in [1.165, 1.54) is 31.4 Å². The molecule has 14 heavy (non-hydrogen) atoms. The molecule has 1 heterocycles. The van der Waals surface area contributed by atoms with Crippen LogP contribution in [0.4, 0.5) is 0 Å². The predicted octanol–water partition coefficient (Wildman–Crippen LogP) is 3.50. The van der Waals surface area contributed by atoms with Crippen LogP contribution in [0.1, 0.15) is 25.0 Å². The topological polar surface area (TPSA) is 12.9 Å². The molecular formula is C11H14BrNS. The van der Waals surface area contributed by atoms with E-state index in [1.54, 1.807) is 11.3 Å². The molecule has 0 spiro atoms. The van der Waals surface area contributed by atoms with Crippen LogP contribution in [0.3, 0.4) is 0 Å². The zero-order chi connectivity index (χ0) is 9.60. The molecule has 0 aromatic carbocycles. The number of nitrogens with zero attached hydrogens (tertiary/aromatic N) is 1. The maximum Gasteiger partial charge on any atom is 0.0794 e. The van der Waals surface area contributed by atoms with Crippen molar-refractivity contribution in [2.45, 2.75) is 25.7 Å². The normalized spacial score (nSPS) is 39.8. The molecule has 0 amide bonds. The average molecular weight is 272 g/mol. The second-order valence-electron chi connectivity index (χ2n) is 4.95. The van der Waals surface area contributed by atoms with Crippen LogP contribution in [0.5, 0.6) is 0 Å². The standard InChI is InChI=1S/C11H14BrNS/c12-6-11(2-8-1-9(8)3-11)4-10-5-14-7-13-10/h5,7-9H,1-4,6H2. The average Bonchev–Trinajstić information content (AvgIpc) is 2.68. The lowest BCUT2D eigenvalue weighted by Crippen LogP contribution is -2.23. The lowest BCUT2D eigenvalue weighted by molar-refractivity contribution is 0.305. The Morgan fingerprint density at radius 1 is 1.50 bits per heavy atom. The molecule has 2 fully saturated rings. The molecule has 1 aromatic rings. The molecule has 0 aliphatic heterocycles. The van der Waals surface area contributed by atoms with Crippen LogP contribution in [-0.4, -0.2) is 10.3 Å². The highest BCUT2D eigenvalue weighted by Gasteiger charge is 2.53. The van der Waals surface area contributed by atoms with Crippen molar-refractivity contribution in [2.75, 3.05) is 5.33 Å². The summed E-state index contributed by atoms with van der Waals surface area (Å²) in [5.74, 6) is 2.12. The summed E-state index contributed by atoms with van der Waals surface area (Å²) < 4.78 is 0. The SMILES string of the molecule is BrCC1(Cc2cscn2)CC2CC2C1. The molecule has 2 aliphatic carbocycles. The molecular weight excluding hydrogens is 258 g/mol. The Bertz CT molecular complexity index is 312. The molecule has 1 nitrogen and oxygen atoms in total. The van der Waals surface area contributed by atoms with Crippen molar-refractivity contribution in [3.8, 4) is 0 Å². The van der Waals surface area contributed by atoms with Gasteiger partial charge in [-0.1, -0.05) is 15.9 Å². The first-order chi connectivity index (χ1) is 6.81. The zero-order valence-corrected chi connectivity index (χ0v) is 10.5. The number of alkyl halides is 1. The van der Waals surface area contributed by atoms with Crippen molar-refractivity contribution in [1.29, 1.82) is 0 Å². The van der Waals surface area contributed by atoms with Gasteiger partial charge in [0.1, 0.15) is 0 Å². The molecule has 76 valence electrons. The van der Waals surface area contributed by atoms with E-state index in [1.807, 2.05) is 5.51 Å². The van der Waals surface area contributed by atoms with Gasteiger partial charge in [-0.15, -0.1) is 11.3 Å². The van der Waals surface area contributed by atoms with E-state index in [4.69, 9.17) is 0 Å². The molecule has 1 aromatic heterocycles. The Labute approximate surface area is 97.1 Å². The highest BCUT2D eigenvalue weighted by Crippen LogP contribution is 2.61. The van der Waals surface area contributed by atoms with Crippen molar-refractivity contribution in [2.24, 2.45) is 17.3 Å². The van der Waals surface area contributed by atoms with Crippen molar-refractivity contribution < 1.29 is 0 Å². The Morgan fingerprint density at radius 2 is 2.29 bits per heavy atom. The highest BCUT2D eigenvalue weighted by atomic mass is 79.9. The van der Waals surface area contributed by atoms with Gasteiger partial charge in [0.2, 0.25) is 0 Å². The monoisotopic (exact) mass is 271 g/mol. The third-order valence-electron chi connectivity index (χ3n) is 3.78. The summed E-state index contributed by atoms with van der Waals surface area (Å²) in [5, 5.41) is 3.36. The number of fused-ring (bicyclic) bond motifs is 1. The zero-order valence-electron chi connectivity index (χ0n) is 8.08. The van der Waals surface area contributed by atoms with Gasteiger partial charge in [-0.3, -0.25) is 0 Å². The van der Waals surface area contributed by atoms with Gasteiger partial charge in [0, 0.05) is 10.7 Å². The smallest absolute Gasteiger partial charge is 0.0794 e. The van der Waals surface area contributed by atoms with E-state index in [2.05, 4.69) is 26.3 Å². The Balaban J connectivity index is 1.75. The minimum Gasteiger partial charge on any atom is -0.250 e. The van der Waals surface area contributed by atoms with Crippen LogP contribution in [0.25, 0.3) is 0 Å². The van der Waals surface area contributed by atoms with Gasteiger partial charge in [-0.2, -0.15) is 0 Å². The fourth-order valence-corrected chi connectivity index (χ4v) is 4.23. The maximum atomic E-state index is 4.41. The lowest BCUT2D eigenvalue weighted by atomic mass is 9.81. The molecule has 3 heteroatoms. The number of rotatable bonds is 3. The molecule has 2 saturated carbocycles. The number of aromatic nitrogens is 1. The van der Waals surface area contributed by atoms with Crippen molar-refractivity contribution in [1.82, 2.24) is 4.98 Å². The third-order valence-corrected chi connectivity index (χ3v) is 5.61. The van der Waals surface area contributed by atoms with Crippen LogP contribution in [-0.2, 0) is 6.42 Å². The van der Waals surface area contributed by atoms with Gasteiger partial charge in [0.15, 0.2) is 0 Å². The summed E-state index contributed by atoms with van der Waals surface area (Å²) in [6.45, 7) is 0. The van der Waals surface area contributed by atoms with E-state index in [9.17, 15) is 0 Å². The first-order valence-corrected chi connectivity index (χ1v) is 7.31. The van der Waals surface area contributed by atoms with Gasteiger partial charge in [-0.05, 0) is 42.9 Å². The summed E-state index contributed by atoms with van der Waals surface area (Å²) in [4.78, 5) is 4.41. The fraction of sp³-hybridized carbons (Fsp3) is 0.727. The van der Waals surface area contributed by atoms with Crippen LogP contribution in [0.15, 0.2) is 10.9 Å². The van der Waals surface area contributed by atoms with E-state index < -0.39 is 0 Å². The van der Waals surface area contributed by atoms with Crippen molar-refractivity contribution >= 4 is 27.3 Å². The molecule has 3 rings (SSSR count). The summed E-state index contributed by atoms with van der Waals surface area (Å²) in [6, 6.07) is 0. The number of halogens is 1. The summed E-state index contributed by atoms with van der Waals surface area (Å²) in [5.41, 5.74) is 3.80. The highest BCUT2D eigenvalue weighted by molar-refractivity contribution is 9.09. The number of thiazole rings is 1. The molecule has 0 saturated heterocycles. The summed E-state index contributed by atoms with van der Waals surface area (Å²) >= 11 is 5.42. The van der Waals surface area contributed by atoms with Gasteiger partial charge in [-0.25, -0.2) is 4.98 Å². The molecule has 2 atom stereocenters. The second-order valence-corrected chi connectivity index (χ2v) is 6.23. The lowest BCUT2D eigenvalue weighted by Gasteiger charge is -2.27. The van der Waals surface area contributed by atoms with Crippen LogP contribution < -0.4 is 0 Å². The Hall–Kier alpha value is 0.110. The van der Waals surface area contributed by atoms with E-state index in [0.29, 0.717) is 5.41 Å². The first kappa shape index (κ1) is 9.34. The molecule has 0 bridgehead atoms. The van der Waals surface area contributed by atoms with Crippen molar-refractivity contribution in [3.05, 3.63) is 16.6 Å². The first-order valence-electron chi connectivity index (χ1n) is 5.24.